The highest BCUT2D eigenvalue weighted by Crippen LogP contribution is 2.30. The minimum Gasteiger partial charge on any atom is -0.394 e. The Balaban J connectivity index is 1.86. The zero-order valence-electron chi connectivity index (χ0n) is 14.7. The van der Waals surface area contributed by atoms with Gasteiger partial charge in [-0.05, 0) is 36.5 Å². The van der Waals surface area contributed by atoms with Gasteiger partial charge < -0.3 is 15.3 Å². The summed E-state index contributed by atoms with van der Waals surface area (Å²) >= 11 is 0. The lowest BCUT2D eigenvalue weighted by atomic mass is 9.98. The van der Waals surface area contributed by atoms with Crippen LogP contribution < -0.4 is 10.2 Å². The molecular weight excluding hydrogens is 300 g/mol. The quantitative estimate of drug-likeness (QED) is 0.884. The van der Waals surface area contributed by atoms with Crippen LogP contribution in [0.1, 0.15) is 25.8 Å². The fourth-order valence-corrected chi connectivity index (χ4v) is 3.13. The standard InChI is InChI=1S/C19H26N4O/c1-13(2)17(12-24)22-19-11-20-10-16(21-19)14-6-7-18-15(9-14)5-4-8-23(18)3/h6-7,9-11,13,17,24H,4-5,8,12H2,1-3H3,(H,21,22)/t17-/m0/s1. The van der Waals surface area contributed by atoms with Gasteiger partial charge in [0.05, 0.1) is 30.7 Å². The van der Waals surface area contributed by atoms with Gasteiger partial charge in [-0.1, -0.05) is 19.9 Å². The third-order valence-corrected chi connectivity index (χ3v) is 4.70. The maximum atomic E-state index is 9.49. The van der Waals surface area contributed by atoms with Crippen molar-refractivity contribution in [3.05, 3.63) is 36.2 Å². The number of rotatable bonds is 5. The van der Waals surface area contributed by atoms with Gasteiger partial charge in [0.15, 0.2) is 0 Å². The topological polar surface area (TPSA) is 61.3 Å². The molecule has 2 aromatic rings. The summed E-state index contributed by atoms with van der Waals surface area (Å²) in [6.07, 6.45) is 5.80. The Morgan fingerprint density at radius 2 is 2.12 bits per heavy atom. The summed E-state index contributed by atoms with van der Waals surface area (Å²) in [6, 6.07) is 6.49. The van der Waals surface area contributed by atoms with E-state index >= 15 is 0 Å². The van der Waals surface area contributed by atoms with Gasteiger partial charge >= 0.3 is 0 Å². The van der Waals surface area contributed by atoms with E-state index < -0.39 is 0 Å². The van der Waals surface area contributed by atoms with Gasteiger partial charge in [0.2, 0.25) is 0 Å². The smallest absolute Gasteiger partial charge is 0.145 e. The molecule has 0 spiro atoms. The Morgan fingerprint density at radius 1 is 1.29 bits per heavy atom. The lowest BCUT2D eigenvalue weighted by molar-refractivity contribution is 0.249. The number of aromatic nitrogens is 2. The van der Waals surface area contributed by atoms with Crippen LogP contribution in [0.3, 0.4) is 0 Å². The van der Waals surface area contributed by atoms with Crippen LogP contribution in [-0.4, -0.2) is 41.3 Å². The van der Waals surface area contributed by atoms with Crippen LogP contribution in [0.25, 0.3) is 11.3 Å². The second kappa shape index (κ2) is 7.18. The van der Waals surface area contributed by atoms with E-state index in [4.69, 9.17) is 0 Å². The molecule has 1 aromatic heterocycles. The zero-order valence-corrected chi connectivity index (χ0v) is 14.7. The lowest BCUT2D eigenvalue weighted by Crippen LogP contribution is -2.29. The summed E-state index contributed by atoms with van der Waals surface area (Å²) < 4.78 is 0. The molecule has 5 heteroatoms. The number of anilines is 2. The molecule has 24 heavy (non-hydrogen) atoms. The highest BCUT2D eigenvalue weighted by atomic mass is 16.3. The van der Waals surface area contributed by atoms with Gasteiger partial charge in [-0.3, -0.25) is 4.98 Å². The average molecular weight is 326 g/mol. The fourth-order valence-electron chi connectivity index (χ4n) is 3.13. The minimum absolute atomic E-state index is 0.0215. The van der Waals surface area contributed by atoms with Crippen LogP contribution in [0.4, 0.5) is 11.5 Å². The third kappa shape index (κ3) is 3.51. The third-order valence-electron chi connectivity index (χ3n) is 4.70. The van der Waals surface area contributed by atoms with E-state index in [1.54, 1.807) is 12.4 Å². The molecule has 0 bridgehead atoms. The van der Waals surface area contributed by atoms with E-state index in [1.807, 2.05) is 0 Å². The van der Waals surface area contributed by atoms with Crippen LogP contribution in [0.15, 0.2) is 30.6 Å². The number of aliphatic hydroxyl groups excluding tert-OH is 1. The maximum Gasteiger partial charge on any atom is 0.145 e. The van der Waals surface area contributed by atoms with Crippen molar-refractivity contribution < 1.29 is 5.11 Å². The number of hydrogen-bond donors (Lipinski definition) is 2. The van der Waals surface area contributed by atoms with E-state index in [-0.39, 0.29) is 12.6 Å². The monoisotopic (exact) mass is 326 g/mol. The highest BCUT2D eigenvalue weighted by molar-refractivity contribution is 5.67. The molecule has 1 aliphatic rings. The Bertz CT molecular complexity index is 702. The Kier molecular flexibility index (Phi) is 5.00. The summed E-state index contributed by atoms with van der Waals surface area (Å²) in [4.78, 5) is 11.3. The predicted octanol–water partition coefficient (Wildman–Crippen LogP) is 2.95. The van der Waals surface area contributed by atoms with Crippen molar-refractivity contribution in [2.24, 2.45) is 5.92 Å². The zero-order chi connectivity index (χ0) is 17.1. The summed E-state index contributed by atoms with van der Waals surface area (Å²) in [5.74, 6) is 1.02. The molecule has 2 N–H and O–H groups in total. The van der Waals surface area contributed by atoms with Crippen LogP contribution >= 0.6 is 0 Å². The largest absolute Gasteiger partial charge is 0.394 e. The summed E-state index contributed by atoms with van der Waals surface area (Å²) in [7, 11) is 2.14. The van der Waals surface area contributed by atoms with E-state index in [1.165, 1.54) is 17.7 Å². The first-order valence-corrected chi connectivity index (χ1v) is 8.62. The minimum atomic E-state index is -0.0215. The number of benzene rings is 1. The van der Waals surface area contributed by atoms with Gasteiger partial charge in [-0.25, -0.2) is 4.98 Å². The number of aryl methyl sites for hydroxylation is 1. The molecule has 0 saturated heterocycles. The van der Waals surface area contributed by atoms with E-state index in [0.717, 1.165) is 24.2 Å². The summed E-state index contributed by atoms with van der Waals surface area (Å²) in [6.45, 7) is 5.34. The molecule has 0 radical (unpaired) electrons. The summed E-state index contributed by atoms with van der Waals surface area (Å²) in [5.41, 5.74) is 4.63. The molecule has 2 heterocycles. The van der Waals surface area contributed by atoms with E-state index in [9.17, 15) is 5.11 Å². The fraction of sp³-hybridized carbons (Fsp3) is 0.474. The van der Waals surface area contributed by atoms with Gasteiger partial charge in [0, 0.05) is 24.8 Å². The molecule has 0 amide bonds. The average Bonchev–Trinajstić information content (AvgIpc) is 2.59. The van der Waals surface area contributed by atoms with Crippen molar-refractivity contribution in [3.63, 3.8) is 0 Å². The van der Waals surface area contributed by atoms with Crippen LogP contribution in [0.2, 0.25) is 0 Å². The Hall–Kier alpha value is -2.14. The number of fused-ring (bicyclic) bond motifs is 1. The van der Waals surface area contributed by atoms with Gasteiger partial charge in [-0.15, -0.1) is 0 Å². The van der Waals surface area contributed by atoms with Crippen LogP contribution in [0.5, 0.6) is 0 Å². The van der Waals surface area contributed by atoms with Gasteiger partial charge in [0.25, 0.3) is 0 Å². The number of hydrogen-bond acceptors (Lipinski definition) is 5. The molecule has 0 unspecified atom stereocenters. The lowest BCUT2D eigenvalue weighted by Gasteiger charge is -2.27. The Morgan fingerprint density at radius 3 is 2.88 bits per heavy atom. The molecule has 1 atom stereocenters. The molecule has 0 aliphatic carbocycles. The van der Waals surface area contributed by atoms with Crippen molar-refractivity contribution in [1.82, 2.24) is 9.97 Å². The molecule has 0 fully saturated rings. The number of nitrogens with one attached hydrogen (secondary N) is 1. The predicted molar refractivity (Wildman–Crippen MR) is 98.4 cm³/mol. The van der Waals surface area contributed by atoms with Gasteiger partial charge in [0.1, 0.15) is 5.82 Å². The van der Waals surface area contributed by atoms with Gasteiger partial charge in [-0.2, -0.15) is 0 Å². The molecule has 5 nitrogen and oxygen atoms in total. The van der Waals surface area contributed by atoms with Crippen molar-refractivity contribution >= 4 is 11.5 Å². The van der Waals surface area contributed by atoms with Crippen molar-refractivity contribution in [2.45, 2.75) is 32.7 Å². The first kappa shape index (κ1) is 16.7. The molecular formula is C19H26N4O. The summed E-state index contributed by atoms with van der Waals surface area (Å²) in [5, 5.41) is 12.8. The number of aliphatic hydroxyl groups is 1. The normalized spacial score (nSPS) is 15.3. The van der Waals surface area contributed by atoms with Crippen molar-refractivity contribution in [1.29, 1.82) is 0 Å². The first-order chi connectivity index (χ1) is 11.6. The molecule has 1 aromatic carbocycles. The van der Waals surface area contributed by atoms with E-state index in [2.05, 4.69) is 59.3 Å². The second-order valence-corrected chi connectivity index (χ2v) is 6.84. The van der Waals surface area contributed by atoms with Crippen molar-refractivity contribution in [2.75, 3.05) is 30.4 Å². The molecule has 128 valence electrons. The number of nitrogens with zero attached hydrogens (tertiary/aromatic N) is 3. The van der Waals surface area contributed by atoms with Crippen LogP contribution in [0, 0.1) is 5.92 Å². The first-order valence-electron chi connectivity index (χ1n) is 8.62. The molecule has 1 aliphatic heterocycles. The molecule has 3 rings (SSSR count). The SMILES string of the molecule is CC(C)[C@H](CO)Nc1cncc(-c2ccc3c(c2)CCCN3C)n1. The maximum absolute atomic E-state index is 9.49. The highest BCUT2D eigenvalue weighted by Gasteiger charge is 2.16. The molecule has 0 saturated carbocycles. The van der Waals surface area contributed by atoms with Crippen LogP contribution in [-0.2, 0) is 6.42 Å². The second-order valence-electron chi connectivity index (χ2n) is 6.84. The van der Waals surface area contributed by atoms with E-state index in [0.29, 0.717) is 11.7 Å². The Labute approximate surface area is 143 Å². The van der Waals surface area contributed by atoms with Crippen molar-refractivity contribution in [3.8, 4) is 11.3 Å².